The van der Waals surface area contributed by atoms with Gasteiger partial charge in [-0.25, -0.2) is 9.97 Å². The topological polar surface area (TPSA) is 83.1 Å². The molecule has 0 saturated carbocycles. The van der Waals surface area contributed by atoms with E-state index < -0.39 is 0 Å². The summed E-state index contributed by atoms with van der Waals surface area (Å²) in [4.78, 5) is 19.8. The number of guanidine groups is 1. The number of anilines is 1. The fourth-order valence-corrected chi connectivity index (χ4v) is 2.82. The number of piperazine rings is 1. The minimum Gasteiger partial charge on any atom is -0.378 e. The van der Waals surface area contributed by atoms with Crippen molar-refractivity contribution in [2.45, 2.75) is 0 Å². The Hall–Kier alpha value is -1.20. The molecular formula is C15H26IN7O. The molecule has 2 aliphatic rings. The van der Waals surface area contributed by atoms with Gasteiger partial charge in [-0.15, -0.1) is 24.0 Å². The maximum atomic E-state index is 6.04. The van der Waals surface area contributed by atoms with Crippen LogP contribution in [0.1, 0.15) is 0 Å². The number of nitrogens with two attached hydrogens (primary N) is 1. The van der Waals surface area contributed by atoms with Crippen LogP contribution in [0.4, 0.5) is 5.95 Å². The highest BCUT2D eigenvalue weighted by molar-refractivity contribution is 14.0. The van der Waals surface area contributed by atoms with Gasteiger partial charge in [-0.2, -0.15) is 0 Å². The van der Waals surface area contributed by atoms with E-state index in [1.165, 1.54) is 0 Å². The quantitative estimate of drug-likeness (QED) is 0.391. The van der Waals surface area contributed by atoms with Crippen molar-refractivity contribution in [2.75, 3.05) is 70.5 Å². The Bertz CT molecular complexity index is 502. The molecule has 0 aromatic carbocycles. The Morgan fingerprint density at radius 3 is 2.42 bits per heavy atom. The second-order valence-electron chi connectivity index (χ2n) is 5.72. The minimum atomic E-state index is 0. The van der Waals surface area contributed by atoms with Crippen molar-refractivity contribution in [3.8, 4) is 0 Å². The summed E-state index contributed by atoms with van der Waals surface area (Å²) in [6, 6.07) is 1.84. The predicted molar refractivity (Wildman–Crippen MR) is 105 cm³/mol. The molecule has 3 rings (SSSR count). The zero-order valence-corrected chi connectivity index (χ0v) is 16.2. The molecule has 0 unspecified atom stereocenters. The van der Waals surface area contributed by atoms with Crippen LogP contribution in [0.15, 0.2) is 23.5 Å². The Labute approximate surface area is 160 Å². The van der Waals surface area contributed by atoms with Crippen LogP contribution in [-0.4, -0.2) is 91.3 Å². The standard InChI is InChI=1S/C15H25N7O.HI/c16-14(21-10-12-23-13-11-21)17-4-5-20-6-8-22(9-7-20)15-18-2-1-3-19-15;/h1-3H,4-13H2,(H2,16,17);1H. The lowest BCUT2D eigenvalue weighted by molar-refractivity contribution is 0.0674. The number of morpholine rings is 1. The first-order valence-corrected chi connectivity index (χ1v) is 8.20. The summed E-state index contributed by atoms with van der Waals surface area (Å²) < 4.78 is 5.32. The SMILES string of the molecule is I.NC(=NCCN1CCN(c2ncccn2)CC1)N1CCOCC1. The van der Waals surface area contributed by atoms with Crippen LogP contribution in [0.25, 0.3) is 0 Å². The average molecular weight is 447 g/mol. The van der Waals surface area contributed by atoms with Gasteiger partial charge in [0.2, 0.25) is 5.95 Å². The zero-order valence-electron chi connectivity index (χ0n) is 13.9. The first-order valence-electron chi connectivity index (χ1n) is 8.20. The van der Waals surface area contributed by atoms with Crippen LogP contribution in [0, 0.1) is 0 Å². The molecule has 8 nitrogen and oxygen atoms in total. The molecular weight excluding hydrogens is 421 g/mol. The lowest BCUT2D eigenvalue weighted by Crippen LogP contribution is -2.48. The van der Waals surface area contributed by atoms with Gasteiger partial charge in [0.15, 0.2) is 5.96 Å². The number of rotatable bonds is 4. The van der Waals surface area contributed by atoms with Crippen molar-refractivity contribution < 1.29 is 4.74 Å². The lowest BCUT2D eigenvalue weighted by Gasteiger charge is -2.34. The Balaban J connectivity index is 0.00000208. The molecule has 9 heteroatoms. The van der Waals surface area contributed by atoms with Gasteiger partial charge < -0.3 is 20.3 Å². The van der Waals surface area contributed by atoms with Crippen molar-refractivity contribution in [1.29, 1.82) is 0 Å². The van der Waals surface area contributed by atoms with Gasteiger partial charge in [0.25, 0.3) is 0 Å². The van der Waals surface area contributed by atoms with Gasteiger partial charge in [0, 0.05) is 58.2 Å². The van der Waals surface area contributed by atoms with Gasteiger partial charge in [-0.05, 0) is 6.07 Å². The largest absolute Gasteiger partial charge is 0.378 e. The summed E-state index contributed by atoms with van der Waals surface area (Å²) in [6.07, 6.45) is 3.58. The second-order valence-corrected chi connectivity index (χ2v) is 5.72. The van der Waals surface area contributed by atoms with Crippen molar-refractivity contribution >= 4 is 35.9 Å². The average Bonchev–Trinajstić information content (AvgIpc) is 2.64. The molecule has 0 radical (unpaired) electrons. The first-order chi connectivity index (χ1) is 11.3. The highest BCUT2D eigenvalue weighted by Gasteiger charge is 2.18. The molecule has 0 aliphatic carbocycles. The van der Waals surface area contributed by atoms with Crippen molar-refractivity contribution in [2.24, 2.45) is 10.7 Å². The van der Waals surface area contributed by atoms with Crippen LogP contribution in [-0.2, 0) is 4.74 Å². The van der Waals surface area contributed by atoms with Crippen molar-refractivity contribution in [3.63, 3.8) is 0 Å². The molecule has 0 amide bonds. The number of aromatic nitrogens is 2. The Morgan fingerprint density at radius 2 is 1.75 bits per heavy atom. The van der Waals surface area contributed by atoms with Crippen molar-refractivity contribution in [1.82, 2.24) is 19.8 Å². The minimum absolute atomic E-state index is 0. The van der Waals surface area contributed by atoms with Crippen LogP contribution < -0.4 is 10.6 Å². The first kappa shape index (κ1) is 19.1. The zero-order chi connectivity index (χ0) is 15.9. The van der Waals surface area contributed by atoms with Crippen LogP contribution >= 0.6 is 24.0 Å². The maximum absolute atomic E-state index is 6.04. The van der Waals surface area contributed by atoms with Gasteiger partial charge in [-0.1, -0.05) is 0 Å². The fourth-order valence-electron chi connectivity index (χ4n) is 2.82. The van der Waals surface area contributed by atoms with Crippen molar-refractivity contribution in [3.05, 3.63) is 18.5 Å². The fraction of sp³-hybridized carbons (Fsp3) is 0.667. The van der Waals surface area contributed by atoms with E-state index in [0.29, 0.717) is 5.96 Å². The summed E-state index contributed by atoms with van der Waals surface area (Å²) in [5.74, 6) is 1.46. The van der Waals surface area contributed by atoms with Crippen LogP contribution in [0.5, 0.6) is 0 Å². The van der Waals surface area contributed by atoms with Crippen LogP contribution in [0.3, 0.4) is 0 Å². The highest BCUT2D eigenvalue weighted by atomic mass is 127. The lowest BCUT2D eigenvalue weighted by atomic mass is 10.3. The molecule has 0 spiro atoms. The second kappa shape index (κ2) is 9.94. The van der Waals surface area contributed by atoms with Gasteiger partial charge in [0.05, 0.1) is 19.8 Å². The smallest absolute Gasteiger partial charge is 0.225 e. The Morgan fingerprint density at radius 1 is 1.08 bits per heavy atom. The molecule has 0 atom stereocenters. The van der Waals surface area contributed by atoms with E-state index in [0.717, 1.165) is 71.5 Å². The molecule has 0 bridgehead atoms. The molecule has 2 N–H and O–H groups in total. The third-order valence-corrected chi connectivity index (χ3v) is 4.23. The highest BCUT2D eigenvalue weighted by Crippen LogP contribution is 2.09. The van der Waals surface area contributed by atoms with E-state index in [-0.39, 0.29) is 24.0 Å². The summed E-state index contributed by atoms with van der Waals surface area (Å²) in [7, 11) is 0. The van der Waals surface area contributed by atoms with Gasteiger partial charge >= 0.3 is 0 Å². The van der Waals surface area contributed by atoms with E-state index in [1.807, 2.05) is 6.07 Å². The Kier molecular flexibility index (Phi) is 7.92. The summed E-state index contributed by atoms with van der Waals surface area (Å²) in [5, 5.41) is 0. The van der Waals surface area contributed by atoms with E-state index in [4.69, 9.17) is 10.5 Å². The molecule has 2 fully saturated rings. The molecule has 24 heavy (non-hydrogen) atoms. The monoisotopic (exact) mass is 447 g/mol. The maximum Gasteiger partial charge on any atom is 0.225 e. The number of ether oxygens (including phenoxy) is 1. The van der Waals surface area contributed by atoms with E-state index >= 15 is 0 Å². The third-order valence-electron chi connectivity index (χ3n) is 4.23. The molecule has 3 heterocycles. The number of hydrogen-bond acceptors (Lipinski definition) is 6. The number of halogens is 1. The number of nitrogens with zero attached hydrogens (tertiary/aromatic N) is 6. The molecule has 1 aromatic rings. The number of hydrogen-bond donors (Lipinski definition) is 1. The number of aliphatic imine (C=N–C) groups is 1. The third kappa shape index (κ3) is 5.42. The van der Waals surface area contributed by atoms with E-state index in [9.17, 15) is 0 Å². The van der Waals surface area contributed by atoms with Gasteiger partial charge in [0.1, 0.15) is 0 Å². The van der Waals surface area contributed by atoms with Crippen LogP contribution in [0.2, 0.25) is 0 Å². The summed E-state index contributed by atoms with van der Waals surface area (Å²) in [5.41, 5.74) is 6.04. The predicted octanol–water partition coefficient (Wildman–Crippen LogP) is -0.136. The summed E-state index contributed by atoms with van der Waals surface area (Å²) in [6.45, 7) is 8.74. The van der Waals surface area contributed by atoms with E-state index in [2.05, 4.69) is 29.7 Å². The molecule has 1 aromatic heterocycles. The molecule has 2 aliphatic heterocycles. The molecule has 2 saturated heterocycles. The van der Waals surface area contributed by atoms with Gasteiger partial charge in [-0.3, -0.25) is 9.89 Å². The normalized spacial score (nSPS) is 19.9. The summed E-state index contributed by atoms with van der Waals surface area (Å²) >= 11 is 0. The van der Waals surface area contributed by atoms with E-state index in [1.54, 1.807) is 12.4 Å². The molecule has 134 valence electrons.